The van der Waals surface area contributed by atoms with E-state index in [0.717, 1.165) is 22.3 Å². The van der Waals surface area contributed by atoms with Gasteiger partial charge in [-0.1, -0.05) is 76.6 Å². The number of aromatic nitrogens is 1. The Bertz CT molecular complexity index is 1660. The number of phenols is 1. The van der Waals surface area contributed by atoms with Crippen LogP contribution in [0.15, 0.2) is 57.5 Å². The summed E-state index contributed by atoms with van der Waals surface area (Å²) in [5.41, 5.74) is 3.56. The minimum Gasteiger partial charge on any atom is -0.507 e. The van der Waals surface area contributed by atoms with Crippen LogP contribution in [0.3, 0.4) is 0 Å². The van der Waals surface area contributed by atoms with E-state index in [4.69, 9.17) is 16.6 Å². The zero-order valence-electron chi connectivity index (χ0n) is 25.4. The molecular weight excluding hydrogens is 554 g/mol. The molecule has 3 aromatic rings. The SMILES string of the molecule is CCN(CC)C(=O)C1=C(C)N=c2s/c(=C/c3cc(C(C)(C)C)c(O)c(C(C)(C)C)c3)c(=O)n2[C@H]1c1ccc(Cl)cc1. The summed E-state index contributed by atoms with van der Waals surface area (Å²) in [5.74, 6) is 0.162. The highest BCUT2D eigenvalue weighted by Crippen LogP contribution is 2.40. The average molecular weight is 594 g/mol. The highest BCUT2D eigenvalue weighted by molar-refractivity contribution is 7.07. The van der Waals surface area contributed by atoms with Gasteiger partial charge in [0.2, 0.25) is 0 Å². The molecule has 41 heavy (non-hydrogen) atoms. The Kier molecular flexibility index (Phi) is 8.45. The third kappa shape index (κ3) is 5.93. The van der Waals surface area contributed by atoms with Crippen LogP contribution in [0, 0.1) is 0 Å². The van der Waals surface area contributed by atoms with E-state index in [9.17, 15) is 14.7 Å². The minimum absolute atomic E-state index is 0.131. The molecule has 0 saturated heterocycles. The van der Waals surface area contributed by atoms with Gasteiger partial charge >= 0.3 is 0 Å². The van der Waals surface area contributed by atoms with Gasteiger partial charge in [-0.25, -0.2) is 4.99 Å². The number of carbonyl (C=O) groups excluding carboxylic acids is 1. The van der Waals surface area contributed by atoms with Crippen molar-refractivity contribution in [3.05, 3.63) is 94.6 Å². The first-order valence-electron chi connectivity index (χ1n) is 14.0. The van der Waals surface area contributed by atoms with Crippen molar-refractivity contribution in [2.45, 2.75) is 79.2 Å². The highest BCUT2D eigenvalue weighted by atomic mass is 35.5. The Hall–Kier alpha value is -3.16. The molecule has 0 fully saturated rings. The molecule has 218 valence electrons. The molecule has 1 amide bonds. The van der Waals surface area contributed by atoms with Crippen molar-refractivity contribution in [2.24, 2.45) is 4.99 Å². The van der Waals surface area contributed by atoms with Gasteiger partial charge in [0.15, 0.2) is 4.80 Å². The number of benzene rings is 2. The van der Waals surface area contributed by atoms with E-state index in [2.05, 4.69) is 41.5 Å². The second kappa shape index (κ2) is 11.3. The van der Waals surface area contributed by atoms with Crippen molar-refractivity contribution in [1.29, 1.82) is 0 Å². The molecule has 1 aromatic heterocycles. The molecule has 1 aliphatic rings. The molecule has 1 aliphatic heterocycles. The number of phenolic OH excluding ortho intramolecular Hbond substituents is 1. The summed E-state index contributed by atoms with van der Waals surface area (Å²) in [6.45, 7) is 19.2. The smallest absolute Gasteiger partial charge is 0.271 e. The fraction of sp³-hybridized carbons (Fsp3) is 0.424. The molecule has 0 radical (unpaired) electrons. The molecular formula is C33H40ClN3O3S. The predicted molar refractivity (Wildman–Crippen MR) is 169 cm³/mol. The quantitative estimate of drug-likeness (QED) is 0.391. The number of carbonyl (C=O) groups is 1. The fourth-order valence-corrected chi connectivity index (χ4v) is 6.44. The lowest BCUT2D eigenvalue weighted by Gasteiger charge is -2.29. The molecule has 2 aromatic carbocycles. The molecule has 4 rings (SSSR count). The summed E-state index contributed by atoms with van der Waals surface area (Å²) in [5, 5.41) is 11.7. The first-order valence-corrected chi connectivity index (χ1v) is 15.2. The Morgan fingerprint density at radius 2 is 1.59 bits per heavy atom. The summed E-state index contributed by atoms with van der Waals surface area (Å²) in [4.78, 5) is 35.0. The van der Waals surface area contributed by atoms with Crippen LogP contribution in [0.25, 0.3) is 6.08 Å². The van der Waals surface area contributed by atoms with E-state index in [-0.39, 0.29) is 22.3 Å². The Balaban J connectivity index is 2.00. The minimum atomic E-state index is -0.631. The standard InChI is InChI=1S/C33H40ClN3O3S/c1-10-36(11-2)30(40)26-19(3)35-31-37(27(26)21-12-14-22(34)15-13-21)29(39)25(41-31)18-20-16-23(32(4,5)6)28(38)24(17-20)33(7,8)9/h12-18,27,38H,10-11H2,1-9H3/b25-18+/t27-/m0/s1. The highest BCUT2D eigenvalue weighted by Gasteiger charge is 2.34. The van der Waals surface area contributed by atoms with Gasteiger partial charge in [0, 0.05) is 29.2 Å². The number of allylic oxidation sites excluding steroid dienone is 1. The monoisotopic (exact) mass is 593 g/mol. The van der Waals surface area contributed by atoms with Gasteiger partial charge in [-0.05, 0) is 73.1 Å². The van der Waals surface area contributed by atoms with Crippen LogP contribution in [0.5, 0.6) is 5.75 Å². The lowest BCUT2D eigenvalue weighted by atomic mass is 9.78. The number of aromatic hydroxyl groups is 1. The molecule has 0 aliphatic carbocycles. The normalized spacial score (nSPS) is 16.0. The Labute approximate surface area is 251 Å². The number of likely N-dealkylation sites (N-methyl/N-ethyl adjacent to an activating group) is 1. The molecule has 1 atom stereocenters. The van der Waals surface area contributed by atoms with Crippen LogP contribution in [0.2, 0.25) is 5.02 Å². The molecule has 0 bridgehead atoms. The topological polar surface area (TPSA) is 74.9 Å². The van der Waals surface area contributed by atoms with Gasteiger partial charge in [0.05, 0.1) is 21.8 Å². The van der Waals surface area contributed by atoms with E-state index in [1.165, 1.54) is 11.3 Å². The zero-order valence-corrected chi connectivity index (χ0v) is 27.0. The summed E-state index contributed by atoms with van der Waals surface area (Å²) < 4.78 is 2.15. The fourth-order valence-electron chi connectivity index (χ4n) is 5.27. The van der Waals surface area contributed by atoms with Crippen molar-refractivity contribution in [1.82, 2.24) is 9.47 Å². The number of rotatable bonds is 5. The lowest BCUT2D eigenvalue weighted by Crippen LogP contribution is -2.43. The van der Waals surface area contributed by atoms with E-state index in [1.807, 2.05) is 51.1 Å². The van der Waals surface area contributed by atoms with Crippen molar-refractivity contribution < 1.29 is 9.90 Å². The van der Waals surface area contributed by atoms with Crippen LogP contribution in [0.1, 0.15) is 90.6 Å². The summed E-state index contributed by atoms with van der Waals surface area (Å²) in [6, 6.07) is 10.6. The van der Waals surface area contributed by atoms with Crippen molar-refractivity contribution >= 4 is 34.9 Å². The zero-order chi connectivity index (χ0) is 30.4. The molecule has 8 heteroatoms. The second-order valence-corrected chi connectivity index (χ2v) is 14.0. The number of hydrogen-bond donors (Lipinski definition) is 1. The summed E-state index contributed by atoms with van der Waals surface area (Å²) >= 11 is 7.51. The largest absolute Gasteiger partial charge is 0.507 e. The van der Waals surface area contributed by atoms with Gasteiger partial charge in [-0.15, -0.1) is 0 Å². The number of amides is 1. The molecule has 0 saturated carbocycles. The van der Waals surface area contributed by atoms with Crippen LogP contribution in [-0.4, -0.2) is 33.6 Å². The number of nitrogens with zero attached hydrogens (tertiary/aromatic N) is 3. The number of hydrogen-bond acceptors (Lipinski definition) is 5. The van der Waals surface area contributed by atoms with E-state index < -0.39 is 6.04 Å². The molecule has 6 nitrogen and oxygen atoms in total. The first-order chi connectivity index (χ1) is 19.1. The first kappa shape index (κ1) is 30.8. The van der Waals surface area contributed by atoms with Crippen LogP contribution in [-0.2, 0) is 15.6 Å². The van der Waals surface area contributed by atoms with Crippen molar-refractivity contribution in [3.8, 4) is 5.75 Å². The van der Waals surface area contributed by atoms with Crippen molar-refractivity contribution in [2.75, 3.05) is 13.1 Å². The second-order valence-electron chi connectivity index (χ2n) is 12.6. The van der Waals surface area contributed by atoms with E-state index >= 15 is 0 Å². The third-order valence-corrected chi connectivity index (χ3v) is 8.77. The van der Waals surface area contributed by atoms with Gasteiger partial charge < -0.3 is 10.0 Å². The van der Waals surface area contributed by atoms with Crippen LogP contribution >= 0.6 is 22.9 Å². The molecule has 1 N–H and O–H groups in total. The summed E-state index contributed by atoms with van der Waals surface area (Å²) in [7, 11) is 0. The Morgan fingerprint density at radius 3 is 2.07 bits per heavy atom. The van der Waals surface area contributed by atoms with E-state index in [0.29, 0.717) is 44.5 Å². The molecule has 0 spiro atoms. The Morgan fingerprint density at radius 1 is 1.05 bits per heavy atom. The number of fused-ring (bicyclic) bond motifs is 1. The predicted octanol–water partition coefficient (Wildman–Crippen LogP) is 6.06. The van der Waals surface area contributed by atoms with Gasteiger partial charge in [0.25, 0.3) is 11.5 Å². The average Bonchev–Trinajstić information content (AvgIpc) is 3.18. The maximum atomic E-state index is 14.1. The van der Waals surface area contributed by atoms with Crippen molar-refractivity contribution in [3.63, 3.8) is 0 Å². The van der Waals surface area contributed by atoms with Gasteiger partial charge in [-0.3, -0.25) is 14.2 Å². The van der Waals surface area contributed by atoms with Gasteiger partial charge in [0.1, 0.15) is 5.75 Å². The third-order valence-electron chi connectivity index (χ3n) is 7.53. The molecule has 0 unspecified atom stereocenters. The van der Waals surface area contributed by atoms with E-state index in [1.54, 1.807) is 21.6 Å². The number of thiazole rings is 1. The van der Waals surface area contributed by atoms with Crippen LogP contribution in [0.4, 0.5) is 0 Å². The van der Waals surface area contributed by atoms with Crippen LogP contribution < -0.4 is 14.9 Å². The maximum absolute atomic E-state index is 14.1. The summed E-state index contributed by atoms with van der Waals surface area (Å²) in [6.07, 6.45) is 1.87. The number of halogens is 1. The lowest BCUT2D eigenvalue weighted by molar-refractivity contribution is -0.127. The van der Waals surface area contributed by atoms with Gasteiger partial charge in [-0.2, -0.15) is 0 Å². The maximum Gasteiger partial charge on any atom is 0.271 e. The molecule has 2 heterocycles.